The Hall–Kier alpha value is -2.07. The van der Waals surface area contributed by atoms with Crippen LogP contribution in [0.5, 0.6) is 0 Å². The van der Waals surface area contributed by atoms with Crippen LogP contribution in [0.4, 0.5) is 5.69 Å². The van der Waals surface area contributed by atoms with Crippen LogP contribution >= 0.6 is 11.5 Å². The van der Waals surface area contributed by atoms with Crippen molar-refractivity contribution in [3.63, 3.8) is 0 Å². The SMILES string of the molecule is Cc1ccc(N)c(C)c1-n1sc2ccccc2c1=O. The molecule has 0 aliphatic rings. The number of nitrogens with two attached hydrogens (primary N) is 1. The molecule has 0 unspecified atom stereocenters. The summed E-state index contributed by atoms with van der Waals surface area (Å²) in [4.78, 5) is 12.5. The van der Waals surface area contributed by atoms with E-state index in [4.69, 9.17) is 5.73 Å². The minimum atomic E-state index is 0.0254. The van der Waals surface area contributed by atoms with E-state index in [9.17, 15) is 4.79 Å². The Morgan fingerprint density at radius 1 is 1.11 bits per heavy atom. The van der Waals surface area contributed by atoms with Crippen molar-refractivity contribution < 1.29 is 0 Å². The molecule has 3 aromatic rings. The third-order valence-electron chi connectivity index (χ3n) is 3.37. The normalized spacial score (nSPS) is 11.1. The molecule has 0 aliphatic heterocycles. The number of aromatic nitrogens is 1. The molecule has 0 amide bonds. The zero-order chi connectivity index (χ0) is 13.6. The Kier molecular flexibility index (Phi) is 2.68. The van der Waals surface area contributed by atoms with E-state index < -0.39 is 0 Å². The maximum Gasteiger partial charge on any atom is 0.273 e. The van der Waals surface area contributed by atoms with Crippen LogP contribution in [0.15, 0.2) is 41.2 Å². The number of anilines is 1. The van der Waals surface area contributed by atoms with Crippen molar-refractivity contribution in [2.75, 3.05) is 5.73 Å². The molecule has 3 rings (SSSR count). The highest BCUT2D eigenvalue weighted by Crippen LogP contribution is 2.27. The van der Waals surface area contributed by atoms with Gasteiger partial charge in [-0.15, -0.1) is 0 Å². The third-order valence-corrected chi connectivity index (χ3v) is 4.45. The Bertz CT molecular complexity index is 830. The van der Waals surface area contributed by atoms with Gasteiger partial charge >= 0.3 is 0 Å². The first-order valence-corrected chi connectivity index (χ1v) is 6.84. The van der Waals surface area contributed by atoms with Gasteiger partial charge in [-0.1, -0.05) is 29.7 Å². The predicted octanol–water partition coefficient (Wildman–Crippen LogP) is 3.25. The summed E-state index contributed by atoms with van der Waals surface area (Å²) in [7, 11) is 0. The lowest BCUT2D eigenvalue weighted by Gasteiger charge is -2.11. The van der Waals surface area contributed by atoms with Gasteiger partial charge in [-0.3, -0.25) is 4.79 Å². The van der Waals surface area contributed by atoms with Crippen molar-refractivity contribution >= 4 is 27.3 Å². The first-order valence-electron chi connectivity index (χ1n) is 6.06. The highest BCUT2D eigenvalue weighted by molar-refractivity contribution is 7.14. The monoisotopic (exact) mass is 270 g/mol. The van der Waals surface area contributed by atoms with E-state index >= 15 is 0 Å². The summed E-state index contributed by atoms with van der Waals surface area (Å²) in [6.07, 6.45) is 0. The number of fused-ring (bicyclic) bond motifs is 1. The number of benzene rings is 2. The van der Waals surface area contributed by atoms with Crippen LogP contribution in [-0.2, 0) is 0 Å². The van der Waals surface area contributed by atoms with E-state index in [0.717, 1.165) is 26.9 Å². The number of rotatable bonds is 1. The van der Waals surface area contributed by atoms with Crippen molar-refractivity contribution in [2.24, 2.45) is 0 Å². The van der Waals surface area contributed by atoms with Crippen LogP contribution in [0.1, 0.15) is 11.1 Å². The molecule has 0 atom stereocenters. The number of nitrogens with zero attached hydrogens (tertiary/aromatic N) is 1. The summed E-state index contributed by atoms with van der Waals surface area (Å²) >= 11 is 1.46. The van der Waals surface area contributed by atoms with Gasteiger partial charge in [0, 0.05) is 5.69 Å². The number of nitrogen functional groups attached to an aromatic ring is 1. The zero-order valence-electron chi connectivity index (χ0n) is 10.8. The lowest BCUT2D eigenvalue weighted by atomic mass is 10.1. The second-order valence-electron chi connectivity index (χ2n) is 4.63. The number of hydrogen-bond donors (Lipinski definition) is 1. The minimum Gasteiger partial charge on any atom is -0.398 e. The molecule has 0 aliphatic carbocycles. The molecule has 1 heterocycles. The maximum atomic E-state index is 12.5. The van der Waals surface area contributed by atoms with Crippen LogP contribution in [0.25, 0.3) is 15.8 Å². The van der Waals surface area contributed by atoms with Gasteiger partial charge in [-0.25, -0.2) is 3.96 Å². The maximum absolute atomic E-state index is 12.5. The molecule has 2 N–H and O–H groups in total. The van der Waals surface area contributed by atoms with Crippen molar-refractivity contribution in [1.29, 1.82) is 0 Å². The van der Waals surface area contributed by atoms with E-state index in [1.807, 2.05) is 50.2 Å². The summed E-state index contributed by atoms with van der Waals surface area (Å²) < 4.78 is 2.74. The van der Waals surface area contributed by atoms with Crippen LogP contribution in [0.2, 0.25) is 0 Å². The average molecular weight is 270 g/mol. The highest BCUT2D eigenvalue weighted by Gasteiger charge is 2.13. The van der Waals surface area contributed by atoms with E-state index in [1.165, 1.54) is 11.5 Å². The van der Waals surface area contributed by atoms with E-state index in [2.05, 4.69) is 0 Å². The molecule has 1 aromatic heterocycles. The molecule has 0 spiro atoms. The van der Waals surface area contributed by atoms with E-state index in [0.29, 0.717) is 5.69 Å². The van der Waals surface area contributed by atoms with Crippen LogP contribution in [-0.4, -0.2) is 3.96 Å². The second kappa shape index (κ2) is 4.24. The van der Waals surface area contributed by atoms with Crippen molar-refractivity contribution in [3.05, 3.63) is 57.9 Å². The minimum absolute atomic E-state index is 0.0254. The lowest BCUT2D eigenvalue weighted by Crippen LogP contribution is -2.13. The van der Waals surface area contributed by atoms with Gasteiger partial charge in [-0.05, 0) is 43.2 Å². The first-order chi connectivity index (χ1) is 9.09. The van der Waals surface area contributed by atoms with E-state index in [-0.39, 0.29) is 5.56 Å². The molecule has 19 heavy (non-hydrogen) atoms. The molecule has 2 aromatic carbocycles. The fraction of sp³-hybridized carbons (Fsp3) is 0.133. The van der Waals surface area contributed by atoms with Crippen LogP contribution in [0, 0.1) is 13.8 Å². The van der Waals surface area contributed by atoms with Gasteiger partial charge in [0.05, 0.1) is 15.8 Å². The molecule has 0 radical (unpaired) electrons. The van der Waals surface area contributed by atoms with Crippen molar-refractivity contribution in [1.82, 2.24) is 3.96 Å². The number of aryl methyl sites for hydroxylation is 1. The van der Waals surface area contributed by atoms with Crippen molar-refractivity contribution in [2.45, 2.75) is 13.8 Å². The van der Waals surface area contributed by atoms with Gasteiger partial charge in [0.1, 0.15) is 0 Å². The first kappa shape index (κ1) is 12.0. The zero-order valence-corrected chi connectivity index (χ0v) is 11.6. The Morgan fingerprint density at radius 3 is 2.58 bits per heavy atom. The van der Waals surface area contributed by atoms with Gasteiger partial charge in [-0.2, -0.15) is 0 Å². The summed E-state index contributed by atoms with van der Waals surface area (Å²) in [5.74, 6) is 0. The molecule has 3 nitrogen and oxygen atoms in total. The fourth-order valence-electron chi connectivity index (χ4n) is 2.28. The smallest absolute Gasteiger partial charge is 0.273 e. The molecule has 0 fully saturated rings. The molecule has 0 saturated heterocycles. The van der Waals surface area contributed by atoms with Gasteiger partial charge < -0.3 is 5.73 Å². The highest BCUT2D eigenvalue weighted by atomic mass is 32.1. The standard InChI is InChI=1S/C15H14N2OS/c1-9-7-8-12(16)10(2)14(9)17-15(18)11-5-3-4-6-13(11)19-17/h3-8H,16H2,1-2H3. The summed E-state index contributed by atoms with van der Waals surface area (Å²) in [6.45, 7) is 3.95. The third kappa shape index (κ3) is 1.76. The summed E-state index contributed by atoms with van der Waals surface area (Å²) in [6, 6.07) is 11.5. The van der Waals surface area contributed by atoms with Crippen LogP contribution in [0.3, 0.4) is 0 Å². The lowest BCUT2D eigenvalue weighted by molar-refractivity contribution is 1.10. The Labute approximate surface area is 115 Å². The second-order valence-corrected chi connectivity index (χ2v) is 5.62. The summed E-state index contributed by atoms with van der Waals surface area (Å²) in [5, 5.41) is 0.758. The van der Waals surface area contributed by atoms with Gasteiger partial charge in [0.2, 0.25) is 0 Å². The molecule has 4 heteroatoms. The summed E-state index contributed by atoms with van der Waals surface area (Å²) in [5.41, 5.74) is 9.62. The van der Waals surface area contributed by atoms with Crippen LogP contribution < -0.4 is 11.3 Å². The molecular weight excluding hydrogens is 256 g/mol. The Morgan fingerprint density at radius 2 is 1.84 bits per heavy atom. The Balaban J connectivity index is 2.40. The van der Waals surface area contributed by atoms with Crippen molar-refractivity contribution in [3.8, 4) is 5.69 Å². The molecule has 0 saturated carbocycles. The predicted molar refractivity (Wildman–Crippen MR) is 81.3 cm³/mol. The van der Waals surface area contributed by atoms with Gasteiger partial charge in [0.15, 0.2) is 0 Å². The van der Waals surface area contributed by atoms with E-state index in [1.54, 1.807) is 3.96 Å². The average Bonchev–Trinajstić information content (AvgIpc) is 2.73. The quantitative estimate of drug-likeness (QED) is 0.690. The molecule has 0 bridgehead atoms. The molecular formula is C15H14N2OS. The largest absolute Gasteiger partial charge is 0.398 e. The van der Waals surface area contributed by atoms with Gasteiger partial charge in [0.25, 0.3) is 5.56 Å². The fourth-order valence-corrected chi connectivity index (χ4v) is 3.43. The topological polar surface area (TPSA) is 48.0 Å². The molecule has 96 valence electrons. The number of hydrogen-bond acceptors (Lipinski definition) is 3.